The molecule has 1 nitrogen and oxygen atoms in total. The lowest BCUT2D eigenvalue weighted by molar-refractivity contribution is 0.435. The highest BCUT2D eigenvalue weighted by molar-refractivity contribution is 5.88. The van der Waals surface area contributed by atoms with Crippen molar-refractivity contribution in [2.75, 3.05) is 0 Å². The Kier molecular flexibility index (Phi) is 3.01. The molecule has 1 spiro atoms. The zero-order valence-corrected chi connectivity index (χ0v) is 16.0. The van der Waals surface area contributed by atoms with E-state index in [0.717, 1.165) is 11.5 Å². The fraction of sp³-hybridized carbons (Fsp3) is 0.111. The molecule has 4 aromatic rings. The predicted molar refractivity (Wildman–Crippen MR) is 113 cm³/mol. The number of rotatable bonds is 0. The summed E-state index contributed by atoms with van der Waals surface area (Å²) in [5.41, 5.74) is 9.87. The van der Waals surface area contributed by atoms with Gasteiger partial charge in [-0.25, -0.2) is 0 Å². The number of aryl methyl sites for hydroxylation is 2. The van der Waals surface area contributed by atoms with Crippen molar-refractivity contribution in [2.45, 2.75) is 19.3 Å². The molecule has 1 aliphatic heterocycles. The summed E-state index contributed by atoms with van der Waals surface area (Å²) in [6, 6.07) is 30.9. The van der Waals surface area contributed by atoms with Gasteiger partial charge in [0, 0.05) is 11.1 Å². The van der Waals surface area contributed by atoms with Crippen molar-refractivity contribution >= 4 is 0 Å². The molecule has 0 saturated carbocycles. The molecule has 1 heterocycles. The quantitative estimate of drug-likeness (QED) is 0.290. The summed E-state index contributed by atoms with van der Waals surface area (Å²) in [4.78, 5) is 0. The standard InChI is InChI=1S/C27H20O/c1-17-11-13-23-25(15-17)28-26-16-18(2)12-14-24(26)27(23)21-9-5-3-7-19(21)20-8-4-6-10-22(20)27/h3-16H,1-2H3. The van der Waals surface area contributed by atoms with E-state index in [1.165, 1.54) is 44.5 Å². The van der Waals surface area contributed by atoms with Crippen molar-refractivity contribution in [3.63, 3.8) is 0 Å². The first-order valence-corrected chi connectivity index (χ1v) is 9.79. The molecule has 134 valence electrons. The molecule has 0 atom stereocenters. The third kappa shape index (κ3) is 1.81. The fourth-order valence-electron chi connectivity index (χ4n) is 5.13. The Morgan fingerprint density at radius 3 is 1.50 bits per heavy atom. The predicted octanol–water partition coefficient (Wildman–Crippen LogP) is 6.77. The van der Waals surface area contributed by atoms with E-state index in [4.69, 9.17) is 4.74 Å². The lowest BCUT2D eigenvalue weighted by Gasteiger charge is -2.39. The van der Waals surface area contributed by atoms with Crippen LogP contribution in [0.3, 0.4) is 0 Å². The van der Waals surface area contributed by atoms with Gasteiger partial charge in [-0.15, -0.1) is 0 Å². The average molecular weight is 360 g/mol. The van der Waals surface area contributed by atoms with E-state index in [0.29, 0.717) is 0 Å². The lowest BCUT2D eigenvalue weighted by Crippen LogP contribution is -2.32. The number of hydrogen-bond acceptors (Lipinski definition) is 1. The van der Waals surface area contributed by atoms with Crippen molar-refractivity contribution in [1.29, 1.82) is 0 Å². The molecule has 28 heavy (non-hydrogen) atoms. The maximum absolute atomic E-state index is 6.46. The Hall–Kier alpha value is -3.32. The molecule has 1 aliphatic carbocycles. The van der Waals surface area contributed by atoms with Gasteiger partial charge in [-0.05, 0) is 59.4 Å². The monoisotopic (exact) mass is 360 g/mol. The number of benzene rings is 4. The van der Waals surface area contributed by atoms with Crippen LogP contribution in [0.5, 0.6) is 11.5 Å². The van der Waals surface area contributed by atoms with E-state index < -0.39 is 0 Å². The molecule has 0 N–H and O–H groups in total. The Balaban J connectivity index is 1.84. The van der Waals surface area contributed by atoms with Crippen molar-refractivity contribution in [3.8, 4) is 22.6 Å². The average Bonchev–Trinajstić information content (AvgIpc) is 2.99. The third-order valence-corrected chi connectivity index (χ3v) is 6.25. The van der Waals surface area contributed by atoms with Crippen LogP contribution in [0.4, 0.5) is 0 Å². The summed E-state index contributed by atoms with van der Waals surface area (Å²) in [5.74, 6) is 1.93. The van der Waals surface area contributed by atoms with Crippen LogP contribution in [0.2, 0.25) is 0 Å². The van der Waals surface area contributed by atoms with Gasteiger partial charge in [-0.2, -0.15) is 0 Å². The zero-order valence-electron chi connectivity index (χ0n) is 16.0. The van der Waals surface area contributed by atoms with E-state index in [2.05, 4.69) is 98.8 Å². The molecule has 0 saturated heterocycles. The zero-order chi connectivity index (χ0) is 18.9. The molecule has 4 aromatic carbocycles. The summed E-state index contributed by atoms with van der Waals surface area (Å²) in [6.07, 6.45) is 0. The molecular weight excluding hydrogens is 340 g/mol. The summed E-state index contributed by atoms with van der Waals surface area (Å²) >= 11 is 0. The van der Waals surface area contributed by atoms with Crippen LogP contribution in [0.1, 0.15) is 33.4 Å². The van der Waals surface area contributed by atoms with Gasteiger partial charge < -0.3 is 4.74 Å². The van der Waals surface area contributed by atoms with Crippen LogP contribution < -0.4 is 4.74 Å². The molecule has 0 radical (unpaired) electrons. The van der Waals surface area contributed by atoms with Gasteiger partial charge in [-0.1, -0.05) is 72.8 Å². The summed E-state index contributed by atoms with van der Waals surface area (Å²) in [5, 5.41) is 0. The second-order valence-electron chi connectivity index (χ2n) is 7.94. The molecule has 1 heteroatoms. The highest BCUT2D eigenvalue weighted by Crippen LogP contribution is 2.61. The first kappa shape index (κ1) is 15.7. The lowest BCUT2D eigenvalue weighted by atomic mass is 9.66. The Labute approximate surface area is 165 Å². The van der Waals surface area contributed by atoms with Crippen LogP contribution in [-0.4, -0.2) is 0 Å². The van der Waals surface area contributed by atoms with Crippen molar-refractivity contribution in [3.05, 3.63) is 118 Å². The Bertz CT molecular complexity index is 1170. The van der Waals surface area contributed by atoms with Crippen molar-refractivity contribution in [1.82, 2.24) is 0 Å². The van der Waals surface area contributed by atoms with Crippen LogP contribution >= 0.6 is 0 Å². The largest absolute Gasteiger partial charge is 0.457 e. The van der Waals surface area contributed by atoms with Gasteiger partial charge in [-0.3, -0.25) is 0 Å². The maximum atomic E-state index is 6.46. The molecular formula is C27H20O. The smallest absolute Gasteiger partial charge is 0.132 e. The topological polar surface area (TPSA) is 9.23 Å². The SMILES string of the molecule is Cc1ccc2c(c1)Oc1cc(C)ccc1C21c2ccccc2-c2ccccc21. The van der Waals surface area contributed by atoms with Gasteiger partial charge in [0.2, 0.25) is 0 Å². The van der Waals surface area contributed by atoms with Gasteiger partial charge in [0.15, 0.2) is 0 Å². The highest BCUT2D eigenvalue weighted by atomic mass is 16.5. The minimum atomic E-state index is -0.336. The number of ether oxygens (including phenoxy) is 1. The van der Waals surface area contributed by atoms with Gasteiger partial charge in [0.1, 0.15) is 11.5 Å². The van der Waals surface area contributed by atoms with E-state index in [1.54, 1.807) is 0 Å². The van der Waals surface area contributed by atoms with Crippen LogP contribution in [-0.2, 0) is 5.41 Å². The van der Waals surface area contributed by atoms with Crippen molar-refractivity contribution in [2.24, 2.45) is 0 Å². The Morgan fingerprint density at radius 2 is 1.00 bits per heavy atom. The molecule has 0 fully saturated rings. The van der Waals surface area contributed by atoms with Gasteiger partial charge in [0.05, 0.1) is 5.41 Å². The summed E-state index contributed by atoms with van der Waals surface area (Å²) in [6.45, 7) is 4.25. The van der Waals surface area contributed by atoms with E-state index in [1.807, 2.05) is 0 Å². The van der Waals surface area contributed by atoms with E-state index in [9.17, 15) is 0 Å². The summed E-state index contributed by atoms with van der Waals surface area (Å²) < 4.78 is 6.46. The molecule has 2 aliphatic rings. The van der Waals surface area contributed by atoms with Crippen LogP contribution in [0.25, 0.3) is 11.1 Å². The van der Waals surface area contributed by atoms with E-state index in [-0.39, 0.29) is 5.41 Å². The minimum Gasteiger partial charge on any atom is -0.457 e. The number of hydrogen-bond donors (Lipinski definition) is 0. The fourth-order valence-corrected chi connectivity index (χ4v) is 5.13. The molecule has 0 amide bonds. The van der Waals surface area contributed by atoms with Crippen molar-refractivity contribution < 1.29 is 4.74 Å². The van der Waals surface area contributed by atoms with E-state index >= 15 is 0 Å². The van der Waals surface area contributed by atoms with Gasteiger partial charge in [0.25, 0.3) is 0 Å². The first-order chi connectivity index (χ1) is 13.7. The normalized spacial score (nSPS) is 14.6. The summed E-state index contributed by atoms with van der Waals surface area (Å²) in [7, 11) is 0. The molecule has 0 aromatic heterocycles. The number of fused-ring (bicyclic) bond motifs is 9. The molecule has 0 bridgehead atoms. The maximum Gasteiger partial charge on any atom is 0.132 e. The third-order valence-electron chi connectivity index (χ3n) is 6.25. The van der Waals surface area contributed by atoms with Crippen LogP contribution in [0.15, 0.2) is 84.9 Å². The first-order valence-electron chi connectivity index (χ1n) is 9.79. The molecule has 6 rings (SSSR count). The Morgan fingerprint density at radius 1 is 0.536 bits per heavy atom. The minimum absolute atomic E-state index is 0.336. The molecule has 0 unspecified atom stereocenters. The second-order valence-corrected chi connectivity index (χ2v) is 7.94. The van der Waals surface area contributed by atoms with Crippen LogP contribution in [0, 0.1) is 13.8 Å². The second kappa shape index (κ2) is 5.36. The van der Waals surface area contributed by atoms with Gasteiger partial charge >= 0.3 is 0 Å². The highest BCUT2D eigenvalue weighted by Gasteiger charge is 2.50.